The predicted molar refractivity (Wildman–Crippen MR) is 110 cm³/mol. The molecule has 0 atom stereocenters. The van der Waals surface area contributed by atoms with E-state index in [0.29, 0.717) is 25.1 Å². The van der Waals surface area contributed by atoms with Crippen LogP contribution < -0.4 is 10.6 Å². The Hall–Kier alpha value is -2.04. The van der Waals surface area contributed by atoms with Gasteiger partial charge in [0, 0.05) is 13.0 Å². The van der Waals surface area contributed by atoms with Gasteiger partial charge in [-0.25, -0.2) is 0 Å². The normalized spacial score (nSPS) is 12.0. The SMILES string of the molecule is CCCNC(=O)CNC(=O)CCc1cc(C(C)(C)C)c(O)c(C(C)(C)C)c1. The lowest BCUT2D eigenvalue weighted by Gasteiger charge is -2.28. The molecule has 0 heterocycles. The summed E-state index contributed by atoms with van der Waals surface area (Å²) in [6.07, 6.45) is 1.74. The fourth-order valence-electron chi connectivity index (χ4n) is 2.83. The van der Waals surface area contributed by atoms with Crippen molar-refractivity contribution in [3.63, 3.8) is 0 Å². The Morgan fingerprint density at radius 3 is 1.89 bits per heavy atom. The summed E-state index contributed by atoms with van der Waals surface area (Å²) in [6, 6.07) is 3.98. The number of aryl methyl sites for hydroxylation is 1. The van der Waals surface area contributed by atoms with Crippen LogP contribution in [0.4, 0.5) is 0 Å². The Morgan fingerprint density at radius 1 is 0.926 bits per heavy atom. The van der Waals surface area contributed by atoms with Gasteiger partial charge in [0.05, 0.1) is 6.54 Å². The third-order valence-corrected chi connectivity index (χ3v) is 4.44. The molecule has 1 aromatic carbocycles. The Balaban J connectivity index is 2.86. The van der Waals surface area contributed by atoms with E-state index < -0.39 is 0 Å². The molecule has 152 valence electrons. The highest BCUT2D eigenvalue weighted by Crippen LogP contribution is 2.39. The summed E-state index contributed by atoms with van der Waals surface area (Å²) in [5.74, 6) is 0.0278. The van der Waals surface area contributed by atoms with Gasteiger partial charge in [-0.05, 0) is 40.4 Å². The zero-order valence-corrected chi connectivity index (χ0v) is 18.0. The fraction of sp³-hybridized carbons (Fsp3) is 0.636. The minimum atomic E-state index is -0.195. The number of hydrogen-bond acceptors (Lipinski definition) is 3. The van der Waals surface area contributed by atoms with E-state index in [9.17, 15) is 14.7 Å². The van der Waals surface area contributed by atoms with Crippen LogP contribution in [0.1, 0.15) is 78.0 Å². The van der Waals surface area contributed by atoms with Crippen molar-refractivity contribution in [2.75, 3.05) is 13.1 Å². The largest absolute Gasteiger partial charge is 0.507 e. The molecule has 1 rings (SSSR count). The zero-order valence-electron chi connectivity index (χ0n) is 18.0. The molecule has 0 saturated carbocycles. The maximum Gasteiger partial charge on any atom is 0.239 e. The van der Waals surface area contributed by atoms with Crippen LogP contribution >= 0.6 is 0 Å². The second-order valence-electron chi connectivity index (χ2n) is 9.17. The number of hydrogen-bond donors (Lipinski definition) is 3. The molecule has 0 fully saturated rings. The van der Waals surface area contributed by atoms with Gasteiger partial charge in [0.25, 0.3) is 0 Å². The summed E-state index contributed by atoms with van der Waals surface area (Å²) >= 11 is 0. The molecular formula is C22H36N2O3. The number of nitrogens with one attached hydrogen (secondary N) is 2. The Labute approximate surface area is 163 Å². The van der Waals surface area contributed by atoms with Crippen LogP contribution in [-0.4, -0.2) is 30.0 Å². The molecule has 5 nitrogen and oxygen atoms in total. The minimum absolute atomic E-state index is 0.00882. The second-order valence-corrected chi connectivity index (χ2v) is 9.17. The average molecular weight is 377 g/mol. The van der Waals surface area contributed by atoms with E-state index in [1.807, 2.05) is 19.1 Å². The molecule has 1 aromatic rings. The molecule has 0 unspecified atom stereocenters. The fourth-order valence-corrected chi connectivity index (χ4v) is 2.83. The quantitative estimate of drug-likeness (QED) is 0.681. The first-order valence-corrected chi connectivity index (χ1v) is 9.76. The summed E-state index contributed by atoms with van der Waals surface area (Å²) in [4.78, 5) is 23.7. The summed E-state index contributed by atoms with van der Waals surface area (Å²) in [5.41, 5.74) is 2.42. The van der Waals surface area contributed by atoms with Crippen molar-refractivity contribution in [2.24, 2.45) is 0 Å². The van der Waals surface area contributed by atoms with E-state index in [0.717, 1.165) is 23.1 Å². The molecule has 0 saturated heterocycles. The number of aromatic hydroxyl groups is 1. The van der Waals surface area contributed by atoms with Gasteiger partial charge in [0.1, 0.15) is 5.75 Å². The van der Waals surface area contributed by atoms with Crippen molar-refractivity contribution in [3.8, 4) is 5.75 Å². The molecule has 0 aliphatic heterocycles. The van der Waals surface area contributed by atoms with E-state index in [-0.39, 0.29) is 29.2 Å². The molecule has 0 radical (unpaired) electrons. The van der Waals surface area contributed by atoms with Gasteiger partial charge in [0.15, 0.2) is 0 Å². The zero-order chi connectivity index (χ0) is 20.8. The monoisotopic (exact) mass is 376 g/mol. The lowest BCUT2D eigenvalue weighted by Crippen LogP contribution is -2.37. The topological polar surface area (TPSA) is 78.4 Å². The molecule has 5 heteroatoms. The highest BCUT2D eigenvalue weighted by molar-refractivity contribution is 5.84. The Kier molecular flexibility index (Phi) is 7.88. The molecule has 0 aromatic heterocycles. The molecule has 2 amide bonds. The van der Waals surface area contributed by atoms with Gasteiger partial charge in [0.2, 0.25) is 11.8 Å². The Morgan fingerprint density at radius 2 is 1.44 bits per heavy atom. The predicted octanol–water partition coefficient (Wildman–Crippen LogP) is 3.56. The van der Waals surface area contributed by atoms with Crippen LogP contribution in [0.2, 0.25) is 0 Å². The number of amides is 2. The lowest BCUT2D eigenvalue weighted by molar-refractivity contribution is -0.126. The smallest absolute Gasteiger partial charge is 0.239 e. The number of carbonyl (C=O) groups excluding carboxylic acids is 2. The molecule has 0 aliphatic rings. The van der Waals surface area contributed by atoms with Crippen molar-refractivity contribution in [1.82, 2.24) is 10.6 Å². The first-order valence-electron chi connectivity index (χ1n) is 9.76. The van der Waals surface area contributed by atoms with Crippen molar-refractivity contribution in [1.29, 1.82) is 0 Å². The number of rotatable bonds is 7. The van der Waals surface area contributed by atoms with Gasteiger partial charge in [-0.1, -0.05) is 60.6 Å². The highest BCUT2D eigenvalue weighted by atomic mass is 16.3. The Bertz CT molecular complexity index is 632. The van der Waals surface area contributed by atoms with E-state index in [1.54, 1.807) is 0 Å². The average Bonchev–Trinajstić information content (AvgIpc) is 2.54. The van der Waals surface area contributed by atoms with Gasteiger partial charge in [-0.3, -0.25) is 9.59 Å². The molecule has 0 aliphatic carbocycles. The summed E-state index contributed by atoms with van der Waals surface area (Å²) in [7, 11) is 0. The molecule has 27 heavy (non-hydrogen) atoms. The summed E-state index contributed by atoms with van der Waals surface area (Å²) in [6.45, 7) is 15.0. The summed E-state index contributed by atoms with van der Waals surface area (Å²) in [5, 5.41) is 16.2. The first-order chi connectivity index (χ1) is 12.4. The molecule has 0 spiro atoms. The second kappa shape index (κ2) is 9.25. The standard InChI is InChI=1S/C22H36N2O3/c1-8-11-23-19(26)14-24-18(25)10-9-15-12-16(21(2,3)4)20(27)17(13-15)22(5,6)7/h12-13,27H,8-11,14H2,1-7H3,(H,23,26)(H,24,25). The van der Waals surface area contributed by atoms with Crippen LogP contribution in [0.15, 0.2) is 12.1 Å². The van der Waals surface area contributed by atoms with E-state index in [4.69, 9.17) is 0 Å². The van der Waals surface area contributed by atoms with E-state index in [2.05, 4.69) is 52.2 Å². The van der Waals surface area contributed by atoms with E-state index >= 15 is 0 Å². The molecular weight excluding hydrogens is 340 g/mol. The summed E-state index contributed by atoms with van der Waals surface area (Å²) < 4.78 is 0. The third-order valence-electron chi connectivity index (χ3n) is 4.44. The van der Waals surface area contributed by atoms with Crippen molar-refractivity contribution in [2.45, 2.75) is 78.6 Å². The van der Waals surface area contributed by atoms with Gasteiger partial charge < -0.3 is 15.7 Å². The van der Waals surface area contributed by atoms with Gasteiger partial charge in [-0.2, -0.15) is 0 Å². The maximum atomic E-state index is 12.1. The van der Waals surface area contributed by atoms with Crippen molar-refractivity contribution >= 4 is 11.8 Å². The van der Waals surface area contributed by atoms with Crippen LogP contribution in [0.25, 0.3) is 0 Å². The number of benzene rings is 1. The van der Waals surface area contributed by atoms with Crippen LogP contribution in [0.3, 0.4) is 0 Å². The number of phenolic OH excluding ortho intramolecular Hbond substituents is 1. The van der Waals surface area contributed by atoms with E-state index in [1.165, 1.54) is 0 Å². The maximum absolute atomic E-state index is 12.1. The molecule has 3 N–H and O–H groups in total. The highest BCUT2D eigenvalue weighted by Gasteiger charge is 2.26. The molecule has 0 bridgehead atoms. The van der Waals surface area contributed by atoms with Crippen molar-refractivity contribution < 1.29 is 14.7 Å². The third kappa shape index (κ3) is 7.24. The lowest BCUT2D eigenvalue weighted by atomic mass is 9.78. The van der Waals surface area contributed by atoms with Crippen LogP contribution in [0, 0.1) is 0 Å². The minimum Gasteiger partial charge on any atom is -0.507 e. The number of phenols is 1. The van der Waals surface area contributed by atoms with Crippen LogP contribution in [0.5, 0.6) is 5.75 Å². The van der Waals surface area contributed by atoms with Crippen LogP contribution in [-0.2, 0) is 26.8 Å². The first kappa shape index (κ1) is 23.0. The van der Waals surface area contributed by atoms with Gasteiger partial charge in [-0.15, -0.1) is 0 Å². The van der Waals surface area contributed by atoms with Crippen molar-refractivity contribution in [3.05, 3.63) is 28.8 Å². The van der Waals surface area contributed by atoms with Gasteiger partial charge >= 0.3 is 0 Å². The number of carbonyl (C=O) groups is 2.